The number of benzene rings is 2. The molecule has 3 amide bonds. The van der Waals surface area contributed by atoms with Crippen LogP contribution in [-0.4, -0.2) is 33.5 Å². The van der Waals surface area contributed by atoms with Crippen LogP contribution < -0.4 is 10.6 Å². The van der Waals surface area contributed by atoms with Gasteiger partial charge in [0.15, 0.2) is 0 Å². The van der Waals surface area contributed by atoms with Crippen LogP contribution in [0.2, 0.25) is 0 Å². The monoisotopic (exact) mass is 429 g/mol. The number of hydrogen-bond acceptors (Lipinski definition) is 5. The molecule has 2 N–H and O–H groups in total. The van der Waals surface area contributed by atoms with E-state index in [0.29, 0.717) is 12.1 Å². The highest BCUT2D eigenvalue weighted by Gasteiger charge is 2.43. The molecule has 2 aromatic carbocycles. The SMILES string of the molecule is Cc1c(/C=C/C2NC(=O)NC(=O)C2[N+](=O)[O-])c2ccccc2n1Cc1ccccc1C#N. The van der Waals surface area contributed by atoms with Gasteiger partial charge in [-0.3, -0.25) is 20.2 Å². The number of urea groups is 1. The van der Waals surface area contributed by atoms with E-state index in [1.807, 2.05) is 54.7 Å². The van der Waals surface area contributed by atoms with E-state index < -0.39 is 28.9 Å². The lowest BCUT2D eigenvalue weighted by molar-refractivity contribution is -0.510. The Balaban J connectivity index is 1.76. The molecule has 160 valence electrons. The maximum Gasteiger partial charge on any atom is 0.322 e. The number of hydrogen-bond donors (Lipinski definition) is 2. The normalized spacial score (nSPS) is 18.4. The number of amides is 3. The quantitative estimate of drug-likeness (QED) is 0.476. The Morgan fingerprint density at radius 1 is 1.19 bits per heavy atom. The first-order valence-corrected chi connectivity index (χ1v) is 9.89. The van der Waals surface area contributed by atoms with E-state index in [-0.39, 0.29) is 0 Å². The second-order valence-corrected chi connectivity index (χ2v) is 7.45. The number of rotatable bonds is 5. The zero-order valence-electron chi connectivity index (χ0n) is 17.1. The lowest BCUT2D eigenvalue weighted by Gasteiger charge is -2.23. The van der Waals surface area contributed by atoms with Gasteiger partial charge in [0.2, 0.25) is 0 Å². The highest BCUT2D eigenvalue weighted by Crippen LogP contribution is 2.29. The smallest absolute Gasteiger partial charge is 0.322 e. The first kappa shape index (κ1) is 20.8. The molecule has 9 nitrogen and oxygen atoms in total. The lowest BCUT2D eigenvalue weighted by Crippen LogP contribution is -2.62. The Bertz CT molecular complexity index is 1320. The van der Waals surface area contributed by atoms with Gasteiger partial charge in [0, 0.05) is 33.6 Å². The van der Waals surface area contributed by atoms with Crippen molar-refractivity contribution in [3.63, 3.8) is 0 Å². The van der Waals surface area contributed by atoms with E-state index in [1.165, 1.54) is 6.08 Å². The number of imide groups is 1. The van der Waals surface area contributed by atoms with Crippen molar-refractivity contribution in [1.29, 1.82) is 5.26 Å². The zero-order valence-corrected chi connectivity index (χ0v) is 17.1. The molecule has 32 heavy (non-hydrogen) atoms. The van der Waals surface area contributed by atoms with Crippen LogP contribution in [0.4, 0.5) is 4.79 Å². The molecule has 0 spiro atoms. The number of nitrogens with one attached hydrogen (secondary N) is 2. The fourth-order valence-corrected chi connectivity index (χ4v) is 4.00. The van der Waals surface area contributed by atoms with E-state index >= 15 is 0 Å². The van der Waals surface area contributed by atoms with E-state index in [4.69, 9.17) is 0 Å². The summed E-state index contributed by atoms with van der Waals surface area (Å²) in [6.07, 6.45) is 3.18. The molecule has 0 aliphatic carbocycles. The third-order valence-corrected chi connectivity index (χ3v) is 5.59. The van der Waals surface area contributed by atoms with Gasteiger partial charge in [-0.15, -0.1) is 0 Å². The molecule has 9 heteroatoms. The van der Waals surface area contributed by atoms with Gasteiger partial charge in [-0.05, 0) is 24.6 Å². The molecule has 2 atom stereocenters. The van der Waals surface area contributed by atoms with Crippen molar-refractivity contribution >= 4 is 28.9 Å². The summed E-state index contributed by atoms with van der Waals surface area (Å²) in [6.45, 7) is 2.40. The molecule has 1 aromatic heterocycles. The van der Waals surface area contributed by atoms with Crippen molar-refractivity contribution in [3.8, 4) is 6.07 Å². The number of nitrogens with zero attached hydrogens (tertiary/aromatic N) is 3. The van der Waals surface area contributed by atoms with Gasteiger partial charge in [-0.2, -0.15) is 5.26 Å². The summed E-state index contributed by atoms with van der Waals surface area (Å²) < 4.78 is 2.07. The molecule has 0 bridgehead atoms. The van der Waals surface area contributed by atoms with Gasteiger partial charge in [0.25, 0.3) is 0 Å². The Morgan fingerprint density at radius 2 is 1.91 bits per heavy atom. The number of fused-ring (bicyclic) bond motifs is 1. The highest BCUT2D eigenvalue weighted by atomic mass is 16.6. The van der Waals surface area contributed by atoms with Crippen molar-refractivity contribution in [1.82, 2.24) is 15.2 Å². The van der Waals surface area contributed by atoms with Gasteiger partial charge in [-0.25, -0.2) is 4.79 Å². The Morgan fingerprint density at radius 3 is 2.66 bits per heavy atom. The maximum atomic E-state index is 11.9. The average Bonchev–Trinajstić information content (AvgIpc) is 3.03. The highest BCUT2D eigenvalue weighted by molar-refractivity contribution is 6.00. The minimum Gasteiger partial charge on any atom is -0.340 e. The third-order valence-electron chi connectivity index (χ3n) is 5.59. The summed E-state index contributed by atoms with van der Waals surface area (Å²) in [5, 5.41) is 26.1. The maximum absolute atomic E-state index is 11.9. The largest absolute Gasteiger partial charge is 0.340 e. The van der Waals surface area contributed by atoms with Crippen molar-refractivity contribution in [2.45, 2.75) is 25.6 Å². The minimum atomic E-state index is -1.61. The molecule has 1 fully saturated rings. The number of aromatic nitrogens is 1. The van der Waals surface area contributed by atoms with Crippen LogP contribution in [0.25, 0.3) is 17.0 Å². The first-order chi connectivity index (χ1) is 15.4. The predicted molar refractivity (Wildman–Crippen MR) is 117 cm³/mol. The van der Waals surface area contributed by atoms with Crippen LogP contribution >= 0.6 is 0 Å². The van der Waals surface area contributed by atoms with Crippen LogP contribution in [0.3, 0.4) is 0 Å². The van der Waals surface area contributed by atoms with Gasteiger partial charge in [-0.1, -0.05) is 48.6 Å². The number of nitriles is 1. The van der Waals surface area contributed by atoms with E-state index in [1.54, 1.807) is 12.1 Å². The van der Waals surface area contributed by atoms with Gasteiger partial charge in [0.1, 0.15) is 6.04 Å². The summed E-state index contributed by atoms with van der Waals surface area (Å²) in [6, 6.07) is 13.8. The average molecular weight is 429 g/mol. The number of carbonyl (C=O) groups excluding carboxylic acids is 2. The van der Waals surface area contributed by atoms with Crippen molar-refractivity contribution in [3.05, 3.63) is 87.1 Å². The van der Waals surface area contributed by atoms with Crippen LogP contribution in [0.1, 0.15) is 22.4 Å². The van der Waals surface area contributed by atoms with Crippen LogP contribution in [0.15, 0.2) is 54.6 Å². The summed E-state index contributed by atoms with van der Waals surface area (Å²) in [5.74, 6) is -0.944. The molecule has 3 aromatic rings. The summed E-state index contributed by atoms with van der Waals surface area (Å²) in [5.41, 5.74) is 4.11. The third kappa shape index (κ3) is 3.70. The summed E-state index contributed by atoms with van der Waals surface area (Å²) in [4.78, 5) is 34.3. The molecule has 0 saturated carbocycles. The number of carbonyl (C=O) groups is 2. The fourth-order valence-electron chi connectivity index (χ4n) is 4.00. The summed E-state index contributed by atoms with van der Waals surface area (Å²) in [7, 11) is 0. The molecule has 2 unspecified atom stereocenters. The van der Waals surface area contributed by atoms with Crippen LogP contribution in [0, 0.1) is 28.4 Å². The topological polar surface area (TPSA) is 130 Å². The number of para-hydroxylation sites is 1. The molecular weight excluding hydrogens is 410 g/mol. The van der Waals surface area contributed by atoms with Crippen LogP contribution in [0.5, 0.6) is 0 Å². The lowest BCUT2D eigenvalue weighted by atomic mass is 10.0. The molecule has 0 radical (unpaired) electrons. The second kappa shape index (κ2) is 8.35. The van der Waals surface area contributed by atoms with Crippen molar-refractivity contribution in [2.75, 3.05) is 0 Å². The van der Waals surface area contributed by atoms with Crippen molar-refractivity contribution < 1.29 is 14.5 Å². The Labute approximate surface area is 183 Å². The standard InChI is InChI=1S/C23H19N5O4/c1-14-17(10-11-19-21(28(31)32)22(29)26-23(30)25-19)18-8-4-5-9-20(18)27(14)13-16-7-3-2-6-15(16)12-24/h2-11,19,21H,13H2,1H3,(H2,25,26,29,30)/b11-10+. The molecule has 4 rings (SSSR count). The van der Waals surface area contributed by atoms with E-state index in [0.717, 1.165) is 27.7 Å². The van der Waals surface area contributed by atoms with Gasteiger partial charge in [0.05, 0.1) is 11.6 Å². The Kier molecular flexibility index (Phi) is 5.43. The Hall–Kier alpha value is -4.45. The fraction of sp³-hybridized carbons (Fsp3) is 0.174. The zero-order chi connectivity index (χ0) is 22.8. The van der Waals surface area contributed by atoms with Gasteiger partial charge >= 0.3 is 18.0 Å². The molecule has 1 aliphatic rings. The molecule has 2 heterocycles. The molecular formula is C23H19N5O4. The molecule has 1 saturated heterocycles. The van der Waals surface area contributed by atoms with E-state index in [2.05, 4.69) is 16.0 Å². The van der Waals surface area contributed by atoms with Gasteiger partial charge < -0.3 is 9.88 Å². The second-order valence-electron chi connectivity index (χ2n) is 7.45. The number of nitro groups is 1. The first-order valence-electron chi connectivity index (χ1n) is 9.89. The minimum absolute atomic E-state index is 0.476. The molecule has 1 aliphatic heterocycles. The van der Waals surface area contributed by atoms with E-state index in [9.17, 15) is 25.0 Å². The van der Waals surface area contributed by atoms with Crippen LogP contribution in [-0.2, 0) is 11.3 Å². The van der Waals surface area contributed by atoms with Crippen molar-refractivity contribution in [2.24, 2.45) is 0 Å². The predicted octanol–water partition coefficient (Wildman–Crippen LogP) is 2.74. The summed E-state index contributed by atoms with van der Waals surface area (Å²) >= 11 is 0.